The molecule has 1 aliphatic rings. The topological polar surface area (TPSA) is 106 Å². The Labute approximate surface area is 197 Å². The van der Waals surface area contributed by atoms with E-state index in [0.29, 0.717) is 24.1 Å². The predicted octanol–water partition coefficient (Wildman–Crippen LogP) is 2.87. The molecule has 0 saturated carbocycles. The number of amides is 2. The number of hydrogen-bond acceptors (Lipinski definition) is 6. The van der Waals surface area contributed by atoms with Crippen molar-refractivity contribution in [3.8, 4) is 0 Å². The number of primary amides is 1. The summed E-state index contributed by atoms with van der Waals surface area (Å²) in [5.74, 6) is 1.76. The molecule has 33 heavy (non-hydrogen) atoms. The molecular formula is C24H30N6O2S. The molecular weight excluding hydrogens is 436 g/mol. The van der Waals surface area contributed by atoms with Crippen molar-refractivity contribution in [2.75, 3.05) is 29.9 Å². The Morgan fingerprint density at radius 3 is 2.67 bits per heavy atom. The van der Waals surface area contributed by atoms with Crippen molar-refractivity contribution in [2.45, 2.75) is 40.2 Å². The second-order valence-corrected chi connectivity index (χ2v) is 9.73. The smallest absolute Gasteiger partial charge is 0.254 e. The lowest BCUT2D eigenvalue weighted by atomic mass is 10.1. The number of nitrogens with one attached hydrogen (secondary N) is 1. The van der Waals surface area contributed by atoms with Crippen molar-refractivity contribution < 1.29 is 9.59 Å². The van der Waals surface area contributed by atoms with E-state index in [4.69, 9.17) is 5.73 Å². The number of carbonyl (C=O) groups excluding carboxylic acids is 2. The fourth-order valence-corrected chi connectivity index (χ4v) is 5.20. The van der Waals surface area contributed by atoms with Gasteiger partial charge in [0.15, 0.2) is 5.65 Å². The molecule has 4 rings (SSSR count). The molecule has 1 fully saturated rings. The van der Waals surface area contributed by atoms with Gasteiger partial charge in [-0.15, -0.1) is 0 Å². The first-order valence-electron chi connectivity index (χ1n) is 11.2. The van der Waals surface area contributed by atoms with Gasteiger partial charge in [0.2, 0.25) is 5.91 Å². The van der Waals surface area contributed by atoms with Crippen LogP contribution in [0.2, 0.25) is 0 Å². The molecule has 2 aromatic heterocycles. The Morgan fingerprint density at radius 2 is 1.94 bits per heavy atom. The van der Waals surface area contributed by atoms with Crippen LogP contribution in [-0.4, -0.2) is 55.9 Å². The molecule has 1 aromatic carbocycles. The fraction of sp³-hybridized carbons (Fsp3) is 0.417. The third kappa shape index (κ3) is 5.20. The fourth-order valence-electron chi connectivity index (χ4n) is 4.22. The molecule has 0 spiro atoms. The van der Waals surface area contributed by atoms with Gasteiger partial charge >= 0.3 is 0 Å². The highest BCUT2D eigenvalue weighted by atomic mass is 32.2. The summed E-state index contributed by atoms with van der Waals surface area (Å²) in [5, 5.41) is 7.34. The van der Waals surface area contributed by atoms with E-state index in [1.807, 2.05) is 32.5 Å². The number of benzene rings is 1. The number of carbonyl (C=O) groups is 2. The van der Waals surface area contributed by atoms with E-state index in [1.165, 1.54) is 23.3 Å². The second-order valence-electron chi connectivity index (χ2n) is 8.51. The highest BCUT2D eigenvalue weighted by Gasteiger charge is 2.18. The lowest BCUT2D eigenvalue weighted by Crippen LogP contribution is -2.32. The number of rotatable bonds is 7. The molecule has 0 unspecified atom stereocenters. The molecule has 1 saturated heterocycles. The standard InChI is InChI=1S/C24H30N6O2S/c1-15-4-5-18(14-29-8-10-33-11-9-29)12-21(15)28-22(31)7-6-19-16(2)27-24-20(23(25)32)13-26-30(24)17(19)3/h4-5,12-13H,6-11,14H2,1-3H3,(H2,25,32)(H,28,31). The molecule has 174 valence electrons. The first-order chi connectivity index (χ1) is 15.8. The largest absolute Gasteiger partial charge is 0.365 e. The van der Waals surface area contributed by atoms with Gasteiger partial charge in [0.1, 0.15) is 5.56 Å². The van der Waals surface area contributed by atoms with Gasteiger partial charge in [-0.1, -0.05) is 12.1 Å². The van der Waals surface area contributed by atoms with Gasteiger partial charge in [0.25, 0.3) is 5.91 Å². The quantitative estimate of drug-likeness (QED) is 0.555. The van der Waals surface area contributed by atoms with Crippen LogP contribution in [0.4, 0.5) is 5.69 Å². The lowest BCUT2D eigenvalue weighted by molar-refractivity contribution is -0.116. The number of anilines is 1. The van der Waals surface area contributed by atoms with E-state index >= 15 is 0 Å². The summed E-state index contributed by atoms with van der Waals surface area (Å²) < 4.78 is 1.62. The van der Waals surface area contributed by atoms with E-state index in [-0.39, 0.29) is 5.91 Å². The Kier molecular flexibility index (Phi) is 6.99. The van der Waals surface area contributed by atoms with Gasteiger partial charge in [-0.25, -0.2) is 9.50 Å². The van der Waals surface area contributed by atoms with Crippen molar-refractivity contribution in [3.63, 3.8) is 0 Å². The third-order valence-electron chi connectivity index (χ3n) is 6.16. The molecule has 8 nitrogen and oxygen atoms in total. The summed E-state index contributed by atoms with van der Waals surface area (Å²) in [7, 11) is 0. The predicted molar refractivity (Wildman–Crippen MR) is 132 cm³/mol. The molecule has 9 heteroatoms. The van der Waals surface area contributed by atoms with Crippen LogP contribution in [0.5, 0.6) is 0 Å². The van der Waals surface area contributed by atoms with E-state index in [9.17, 15) is 9.59 Å². The summed E-state index contributed by atoms with van der Waals surface area (Å²) in [6.07, 6.45) is 2.29. The Morgan fingerprint density at radius 1 is 1.18 bits per heavy atom. The van der Waals surface area contributed by atoms with Crippen molar-refractivity contribution in [3.05, 3.63) is 58.0 Å². The van der Waals surface area contributed by atoms with Gasteiger partial charge in [-0.05, 0) is 49.9 Å². The van der Waals surface area contributed by atoms with Crippen LogP contribution >= 0.6 is 11.8 Å². The van der Waals surface area contributed by atoms with Crippen LogP contribution < -0.4 is 11.1 Å². The molecule has 3 heterocycles. The van der Waals surface area contributed by atoms with Crippen LogP contribution in [0.1, 0.15) is 44.9 Å². The molecule has 3 aromatic rings. The number of thioether (sulfide) groups is 1. The molecule has 2 amide bonds. The van der Waals surface area contributed by atoms with E-state index in [0.717, 1.165) is 47.8 Å². The van der Waals surface area contributed by atoms with E-state index in [2.05, 4.69) is 38.5 Å². The van der Waals surface area contributed by atoms with Crippen molar-refractivity contribution in [1.29, 1.82) is 0 Å². The molecule has 0 atom stereocenters. The zero-order valence-corrected chi connectivity index (χ0v) is 20.2. The zero-order chi connectivity index (χ0) is 23.5. The zero-order valence-electron chi connectivity index (χ0n) is 19.4. The van der Waals surface area contributed by atoms with Gasteiger partial charge < -0.3 is 11.1 Å². The summed E-state index contributed by atoms with van der Waals surface area (Å²) in [4.78, 5) is 31.4. The Balaban J connectivity index is 1.44. The van der Waals surface area contributed by atoms with Crippen molar-refractivity contribution in [2.24, 2.45) is 5.73 Å². The number of hydrogen-bond donors (Lipinski definition) is 2. The summed E-state index contributed by atoms with van der Waals surface area (Å²) in [5.41, 5.74) is 11.9. The molecule has 0 bridgehead atoms. The van der Waals surface area contributed by atoms with Crippen LogP contribution in [0.25, 0.3) is 5.65 Å². The number of aryl methyl sites for hydroxylation is 3. The second kappa shape index (κ2) is 9.93. The SMILES string of the molecule is Cc1ccc(CN2CCSCC2)cc1NC(=O)CCc1c(C)nc2c(C(N)=O)cnn2c1C. The number of nitrogens with two attached hydrogens (primary N) is 1. The maximum atomic E-state index is 12.8. The normalized spacial score (nSPS) is 14.5. The van der Waals surface area contributed by atoms with Crippen LogP contribution in [0.3, 0.4) is 0 Å². The molecule has 0 radical (unpaired) electrons. The maximum absolute atomic E-state index is 12.8. The van der Waals surface area contributed by atoms with Crippen LogP contribution in [0, 0.1) is 20.8 Å². The summed E-state index contributed by atoms with van der Waals surface area (Å²) in [6.45, 7) is 8.93. The minimum absolute atomic E-state index is 0.0400. The molecule has 3 N–H and O–H groups in total. The minimum Gasteiger partial charge on any atom is -0.365 e. The van der Waals surface area contributed by atoms with Crippen LogP contribution in [0.15, 0.2) is 24.4 Å². The van der Waals surface area contributed by atoms with Gasteiger partial charge in [-0.2, -0.15) is 16.9 Å². The first kappa shape index (κ1) is 23.3. The number of aromatic nitrogens is 3. The highest BCUT2D eigenvalue weighted by molar-refractivity contribution is 7.99. The minimum atomic E-state index is -0.555. The van der Waals surface area contributed by atoms with Gasteiger partial charge in [0, 0.05) is 54.6 Å². The van der Waals surface area contributed by atoms with Crippen LogP contribution in [-0.2, 0) is 17.8 Å². The average molecular weight is 467 g/mol. The summed E-state index contributed by atoms with van der Waals surface area (Å²) >= 11 is 2.00. The Bertz CT molecular complexity index is 1200. The summed E-state index contributed by atoms with van der Waals surface area (Å²) in [6, 6.07) is 6.31. The van der Waals surface area contributed by atoms with E-state index in [1.54, 1.807) is 4.52 Å². The van der Waals surface area contributed by atoms with Crippen molar-refractivity contribution >= 4 is 34.9 Å². The first-order valence-corrected chi connectivity index (χ1v) is 12.3. The van der Waals surface area contributed by atoms with Gasteiger partial charge in [-0.3, -0.25) is 14.5 Å². The van der Waals surface area contributed by atoms with Gasteiger partial charge in [0.05, 0.1) is 6.20 Å². The molecule has 0 aliphatic carbocycles. The maximum Gasteiger partial charge on any atom is 0.254 e. The average Bonchev–Trinajstić information content (AvgIpc) is 3.21. The molecule has 1 aliphatic heterocycles. The van der Waals surface area contributed by atoms with E-state index < -0.39 is 5.91 Å². The Hall–Kier alpha value is -2.91. The third-order valence-corrected chi connectivity index (χ3v) is 7.10. The monoisotopic (exact) mass is 466 g/mol. The van der Waals surface area contributed by atoms with Crippen molar-refractivity contribution in [1.82, 2.24) is 19.5 Å². The highest BCUT2D eigenvalue weighted by Crippen LogP contribution is 2.22. The lowest BCUT2D eigenvalue weighted by Gasteiger charge is -2.26. The number of fused-ring (bicyclic) bond motifs is 1. The number of nitrogens with zero attached hydrogens (tertiary/aromatic N) is 4.